The summed E-state index contributed by atoms with van der Waals surface area (Å²) in [6.07, 6.45) is 3.55. The summed E-state index contributed by atoms with van der Waals surface area (Å²) in [7, 11) is 0. The number of anilines is 1. The zero-order chi connectivity index (χ0) is 14.4. The summed E-state index contributed by atoms with van der Waals surface area (Å²) >= 11 is 11.7. The predicted molar refractivity (Wildman–Crippen MR) is 80.1 cm³/mol. The maximum Gasteiger partial charge on any atom is 0.227 e. The highest BCUT2D eigenvalue weighted by atomic mass is 35.5. The van der Waals surface area contributed by atoms with Crippen LogP contribution in [-0.4, -0.2) is 11.0 Å². The minimum atomic E-state index is -0.147. The first-order valence-corrected chi connectivity index (χ1v) is 7.24. The maximum atomic E-state index is 12.2. The molecule has 0 aliphatic rings. The number of nitrogens with one attached hydrogen (secondary N) is 1. The van der Waals surface area contributed by atoms with Crippen molar-refractivity contribution in [2.24, 2.45) is 5.92 Å². The number of aromatic hydroxyl groups is 1. The highest BCUT2D eigenvalue weighted by molar-refractivity contribution is 6.36. The number of benzene rings is 1. The quantitative estimate of drug-likeness (QED) is 0.738. The van der Waals surface area contributed by atoms with Gasteiger partial charge in [-0.25, -0.2) is 0 Å². The average Bonchev–Trinajstić information content (AvgIpc) is 2.35. The molecule has 0 aliphatic heterocycles. The lowest BCUT2D eigenvalue weighted by molar-refractivity contribution is -0.120. The average molecular weight is 304 g/mol. The molecular formula is C14H19Cl2NO2. The Morgan fingerprint density at radius 3 is 2.37 bits per heavy atom. The van der Waals surface area contributed by atoms with Gasteiger partial charge in [-0.15, -0.1) is 0 Å². The second kappa shape index (κ2) is 7.61. The lowest BCUT2D eigenvalue weighted by Gasteiger charge is -2.16. The summed E-state index contributed by atoms with van der Waals surface area (Å²) in [5.74, 6) is -0.296. The molecular weight excluding hydrogens is 285 g/mol. The predicted octanol–water partition coefficient (Wildman–Crippen LogP) is 4.85. The fourth-order valence-electron chi connectivity index (χ4n) is 2.00. The van der Waals surface area contributed by atoms with Crippen molar-refractivity contribution in [3.8, 4) is 5.75 Å². The van der Waals surface area contributed by atoms with Crippen molar-refractivity contribution in [3.63, 3.8) is 0 Å². The number of halogens is 2. The number of hydrogen-bond donors (Lipinski definition) is 2. The van der Waals surface area contributed by atoms with Crippen LogP contribution in [0.1, 0.15) is 39.5 Å². The molecule has 3 nitrogen and oxygen atoms in total. The van der Waals surface area contributed by atoms with Crippen LogP contribution in [0.25, 0.3) is 0 Å². The molecule has 0 fully saturated rings. The standard InChI is InChI=1S/C14H19Cl2NO2/c1-3-5-9(6-4-2)14(19)17-12-8-10(15)7-11(16)13(12)18/h7-9,18H,3-6H2,1-2H3,(H,17,19). The van der Waals surface area contributed by atoms with Crippen LogP contribution >= 0.6 is 23.2 Å². The topological polar surface area (TPSA) is 49.3 Å². The van der Waals surface area contributed by atoms with Gasteiger partial charge in [0.2, 0.25) is 5.91 Å². The largest absolute Gasteiger partial charge is 0.504 e. The van der Waals surface area contributed by atoms with Gasteiger partial charge in [0, 0.05) is 10.9 Å². The van der Waals surface area contributed by atoms with Crippen molar-refractivity contribution in [1.29, 1.82) is 0 Å². The van der Waals surface area contributed by atoms with Gasteiger partial charge in [-0.1, -0.05) is 49.9 Å². The molecule has 0 saturated heterocycles. The van der Waals surface area contributed by atoms with Crippen molar-refractivity contribution in [3.05, 3.63) is 22.2 Å². The molecule has 1 aromatic rings. The monoisotopic (exact) mass is 303 g/mol. The molecule has 0 unspecified atom stereocenters. The van der Waals surface area contributed by atoms with E-state index in [4.69, 9.17) is 23.2 Å². The smallest absolute Gasteiger partial charge is 0.227 e. The number of phenols is 1. The summed E-state index contributed by atoms with van der Waals surface area (Å²) < 4.78 is 0. The van der Waals surface area contributed by atoms with Crippen LogP contribution < -0.4 is 5.32 Å². The Kier molecular flexibility index (Phi) is 6.46. The summed E-state index contributed by atoms with van der Waals surface area (Å²) in [5.41, 5.74) is 0.264. The molecule has 2 N–H and O–H groups in total. The van der Waals surface area contributed by atoms with Crippen LogP contribution in [0.15, 0.2) is 12.1 Å². The van der Waals surface area contributed by atoms with Gasteiger partial charge in [-0.05, 0) is 25.0 Å². The summed E-state index contributed by atoms with van der Waals surface area (Å²) in [5, 5.41) is 13.0. The van der Waals surface area contributed by atoms with E-state index in [1.54, 1.807) is 0 Å². The van der Waals surface area contributed by atoms with Crippen LogP contribution in [0.2, 0.25) is 10.0 Å². The molecule has 0 heterocycles. The highest BCUT2D eigenvalue weighted by Gasteiger charge is 2.18. The summed E-state index contributed by atoms with van der Waals surface area (Å²) in [4.78, 5) is 12.2. The van der Waals surface area contributed by atoms with Crippen molar-refractivity contribution < 1.29 is 9.90 Å². The Labute approximate surface area is 123 Å². The van der Waals surface area contributed by atoms with E-state index in [2.05, 4.69) is 5.32 Å². The van der Waals surface area contributed by atoms with E-state index in [9.17, 15) is 9.90 Å². The molecule has 5 heteroatoms. The molecule has 0 aliphatic carbocycles. The van der Waals surface area contributed by atoms with Crippen LogP contribution in [-0.2, 0) is 4.79 Å². The molecule has 1 aromatic carbocycles. The van der Waals surface area contributed by atoms with E-state index in [1.165, 1.54) is 12.1 Å². The Hall–Kier alpha value is -0.930. The van der Waals surface area contributed by atoms with E-state index in [0.717, 1.165) is 25.7 Å². The molecule has 0 bridgehead atoms. The number of phenolic OH excluding ortho intramolecular Hbond substituents is 1. The first-order chi connectivity index (χ1) is 8.99. The van der Waals surface area contributed by atoms with Crippen LogP contribution in [0.5, 0.6) is 5.75 Å². The molecule has 0 spiro atoms. The van der Waals surface area contributed by atoms with Crippen molar-refractivity contribution in [2.45, 2.75) is 39.5 Å². The van der Waals surface area contributed by atoms with Gasteiger partial charge in [-0.3, -0.25) is 4.79 Å². The molecule has 1 rings (SSSR count). The number of carbonyl (C=O) groups is 1. The SMILES string of the molecule is CCCC(CCC)C(=O)Nc1cc(Cl)cc(Cl)c1O. The van der Waals surface area contributed by atoms with Gasteiger partial charge in [0.1, 0.15) is 0 Å². The third-order valence-electron chi connectivity index (χ3n) is 2.93. The first-order valence-electron chi connectivity index (χ1n) is 6.48. The van der Waals surface area contributed by atoms with Crippen molar-refractivity contribution >= 4 is 34.8 Å². The Morgan fingerprint density at radius 2 is 1.84 bits per heavy atom. The lowest BCUT2D eigenvalue weighted by atomic mass is 9.97. The van der Waals surface area contributed by atoms with E-state index < -0.39 is 0 Å². The van der Waals surface area contributed by atoms with E-state index in [0.29, 0.717) is 5.02 Å². The van der Waals surface area contributed by atoms with E-state index in [1.807, 2.05) is 13.8 Å². The fourth-order valence-corrected chi connectivity index (χ4v) is 2.49. The summed E-state index contributed by atoms with van der Waals surface area (Å²) in [6.45, 7) is 4.09. The van der Waals surface area contributed by atoms with Crippen molar-refractivity contribution in [2.75, 3.05) is 5.32 Å². The number of amides is 1. The number of carbonyl (C=O) groups excluding carboxylic acids is 1. The van der Waals surface area contributed by atoms with Gasteiger partial charge < -0.3 is 10.4 Å². The Bertz CT molecular complexity index is 443. The van der Waals surface area contributed by atoms with E-state index >= 15 is 0 Å². The minimum absolute atomic E-state index is 0.0489. The third kappa shape index (κ3) is 4.59. The second-order valence-electron chi connectivity index (χ2n) is 4.55. The zero-order valence-electron chi connectivity index (χ0n) is 11.2. The Morgan fingerprint density at radius 1 is 1.26 bits per heavy atom. The summed E-state index contributed by atoms with van der Waals surface area (Å²) in [6, 6.07) is 2.93. The van der Waals surface area contributed by atoms with Gasteiger partial charge in [0.15, 0.2) is 5.75 Å². The van der Waals surface area contributed by atoms with Gasteiger partial charge in [0.05, 0.1) is 10.7 Å². The van der Waals surface area contributed by atoms with Gasteiger partial charge in [0.25, 0.3) is 0 Å². The molecule has 19 heavy (non-hydrogen) atoms. The fraction of sp³-hybridized carbons (Fsp3) is 0.500. The second-order valence-corrected chi connectivity index (χ2v) is 5.39. The van der Waals surface area contributed by atoms with E-state index in [-0.39, 0.29) is 28.3 Å². The normalized spacial score (nSPS) is 10.8. The Balaban J connectivity index is 2.86. The maximum absolute atomic E-state index is 12.2. The van der Waals surface area contributed by atoms with Gasteiger partial charge >= 0.3 is 0 Å². The van der Waals surface area contributed by atoms with Crippen LogP contribution in [0, 0.1) is 5.92 Å². The molecule has 0 aromatic heterocycles. The van der Waals surface area contributed by atoms with Crippen LogP contribution in [0.3, 0.4) is 0 Å². The molecule has 0 saturated carbocycles. The minimum Gasteiger partial charge on any atom is -0.504 e. The zero-order valence-corrected chi connectivity index (χ0v) is 12.7. The molecule has 1 amide bonds. The lowest BCUT2D eigenvalue weighted by Crippen LogP contribution is -2.22. The van der Waals surface area contributed by atoms with Gasteiger partial charge in [-0.2, -0.15) is 0 Å². The van der Waals surface area contributed by atoms with Crippen molar-refractivity contribution in [1.82, 2.24) is 0 Å². The first kappa shape index (κ1) is 16.1. The van der Waals surface area contributed by atoms with Crippen LogP contribution in [0.4, 0.5) is 5.69 Å². The molecule has 106 valence electrons. The third-order valence-corrected chi connectivity index (χ3v) is 3.44. The number of rotatable bonds is 6. The molecule has 0 radical (unpaired) electrons. The molecule has 0 atom stereocenters. The number of hydrogen-bond acceptors (Lipinski definition) is 2. The highest BCUT2D eigenvalue weighted by Crippen LogP contribution is 2.35.